The largest absolute Gasteiger partial charge is 0.497 e. The molecule has 3 aromatic rings. The maximum atomic E-state index is 5.15. The van der Waals surface area contributed by atoms with Gasteiger partial charge in [0.05, 0.1) is 24.3 Å². The molecule has 0 unspecified atom stereocenters. The van der Waals surface area contributed by atoms with E-state index in [0.717, 1.165) is 22.4 Å². The van der Waals surface area contributed by atoms with Crippen molar-refractivity contribution in [3.63, 3.8) is 0 Å². The van der Waals surface area contributed by atoms with E-state index in [1.54, 1.807) is 19.5 Å². The van der Waals surface area contributed by atoms with Gasteiger partial charge in [0.15, 0.2) is 5.65 Å². The summed E-state index contributed by atoms with van der Waals surface area (Å²) in [6, 6.07) is 5.81. The van der Waals surface area contributed by atoms with Crippen molar-refractivity contribution >= 4 is 16.7 Å². The topological polar surface area (TPSA) is 39.4 Å². The standard InChI is InChI=1S/C11H9N3O/c1-15-8-2-3-10-9(6-8)13-7-11-12-4-5-14(10)11/h2-7H,1H3. The molecule has 2 heterocycles. The van der Waals surface area contributed by atoms with Crippen LogP contribution in [-0.2, 0) is 0 Å². The van der Waals surface area contributed by atoms with E-state index < -0.39 is 0 Å². The molecule has 2 aromatic heterocycles. The minimum absolute atomic E-state index is 0.814. The average Bonchev–Trinajstić information content (AvgIpc) is 2.76. The zero-order valence-corrected chi connectivity index (χ0v) is 8.21. The SMILES string of the molecule is COc1ccc2c(c1)ncc1nccn12. The Morgan fingerprint density at radius 2 is 2.20 bits per heavy atom. The fourth-order valence-corrected chi connectivity index (χ4v) is 1.68. The number of aromatic nitrogens is 3. The van der Waals surface area contributed by atoms with Gasteiger partial charge in [-0.25, -0.2) is 4.98 Å². The Balaban J connectivity index is 2.44. The second kappa shape index (κ2) is 2.95. The van der Waals surface area contributed by atoms with Crippen LogP contribution < -0.4 is 4.74 Å². The van der Waals surface area contributed by atoms with E-state index in [4.69, 9.17) is 4.74 Å². The van der Waals surface area contributed by atoms with E-state index in [9.17, 15) is 0 Å². The summed E-state index contributed by atoms with van der Waals surface area (Å²) in [7, 11) is 1.65. The normalized spacial score (nSPS) is 11.0. The maximum absolute atomic E-state index is 5.15. The smallest absolute Gasteiger partial charge is 0.155 e. The number of ether oxygens (including phenoxy) is 1. The first-order valence-corrected chi connectivity index (χ1v) is 4.64. The lowest BCUT2D eigenvalue weighted by molar-refractivity contribution is 0.415. The zero-order valence-electron chi connectivity index (χ0n) is 8.21. The second-order valence-corrected chi connectivity index (χ2v) is 3.27. The third-order valence-electron chi connectivity index (χ3n) is 2.43. The third kappa shape index (κ3) is 1.15. The Bertz CT molecular complexity index is 630. The van der Waals surface area contributed by atoms with Gasteiger partial charge in [0, 0.05) is 18.5 Å². The summed E-state index contributed by atoms with van der Waals surface area (Å²) in [5.41, 5.74) is 2.79. The predicted molar refractivity (Wildman–Crippen MR) is 57.0 cm³/mol. The van der Waals surface area contributed by atoms with Crippen LogP contribution in [0.4, 0.5) is 0 Å². The van der Waals surface area contributed by atoms with E-state index in [-0.39, 0.29) is 0 Å². The molecule has 4 nitrogen and oxygen atoms in total. The Morgan fingerprint density at radius 3 is 3.07 bits per heavy atom. The summed E-state index contributed by atoms with van der Waals surface area (Å²) in [6.07, 6.45) is 5.44. The van der Waals surface area contributed by atoms with Gasteiger partial charge < -0.3 is 4.74 Å². The molecule has 4 heteroatoms. The molecular weight excluding hydrogens is 190 g/mol. The minimum Gasteiger partial charge on any atom is -0.497 e. The van der Waals surface area contributed by atoms with Gasteiger partial charge >= 0.3 is 0 Å². The number of rotatable bonds is 1. The number of hydrogen-bond donors (Lipinski definition) is 0. The minimum atomic E-state index is 0.814. The zero-order chi connectivity index (χ0) is 10.3. The van der Waals surface area contributed by atoms with Gasteiger partial charge in [-0.15, -0.1) is 0 Å². The molecule has 0 atom stereocenters. The first-order valence-electron chi connectivity index (χ1n) is 4.64. The van der Waals surface area contributed by atoms with E-state index >= 15 is 0 Å². The molecule has 74 valence electrons. The van der Waals surface area contributed by atoms with Gasteiger partial charge in [-0.1, -0.05) is 0 Å². The molecule has 0 spiro atoms. The fourth-order valence-electron chi connectivity index (χ4n) is 1.68. The molecule has 0 fully saturated rings. The van der Waals surface area contributed by atoms with Gasteiger partial charge in [-0.3, -0.25) is 9.38 Å². The fraction of sp³-hybridized carbons (Fsp3) is 0.0909. The first-order chi connectivity index (χ1) is 7.38. The molecule has 15 heavy (non-hydrogen) atoms. The predicted octanol–water partition coefficient (Wildman–Crippen LogP) is 1.89. The molecule has 0 bridgehead atoms. The van der Waals surface area contributed by atoms with Crippen molar-refractivity contribution in [3.8, 4) is 5.75 Å². The van der Waals surface area contributed by atoms with Gasteiger partial charge in [0.1, 0.15) is 5.75 Å². The van der Waals surface area contributed by atoms with Crippen molar-refractivity contribution in [2.45, 2.75) is 0 Å². The number of imidazole rings is 1. The van der Waals surface area contributed by atoms with Gasteiger partial charge in [-0.2, -0.15) is 0 Å². The van der Waals surface area contributed by atoms with Crippen molar-refractivity contribution in [2.75, 3.05) is 7.11 Å². The molecule has 1 aromatic carbocycles. The molecule has 0 saturated heterocycles. The molecule has 0 amide bonds. The quantitative estimate of drug-likeness (QED) is 0.600. The first kappa shape index (κ1) is 8.23. The van der Waals surface area contributed by atoms with E-state index in [0.29, 0.717) is 0 Å². The molecule has 0 radical (unpaired) electrons. The van der Waals surface area contributed by atoms with Crippen molar-refractivity contribution < 1.29 is 4.74 Å². The summed E-state index contributed by atoms with van der Waals surface area (Å²) in [4.78, 5) is 8.51. The highest BCUT2D eigenvalue weighted by Crippen LogP contribution is 2.19. The van der Waals surface area contributed by atoms with Crippen LogP contribution in [0, 0.1) is 0 Å². The van der Waals surface area contributed by atoms with Crippen molar-refractivity contribution in [1.82, 2.24) is 14.4 Å². The van der Waals surface area contributed by atoms with Crippen LogP contribution in [0.2, 0.25) is 0 Å². The Kier molecular flexibility index (Phi) is 1.62. The highest BCUT2D eigenvalue weighted by molar-refractivity contribution is 5.78. The second-order valence-electron chi connectivity index (χ2n) is 3.27. The van der Waals surface area contributed by atoms with Gasteiger partial charge in [-0.05, 0) is 12.1 Å². The van der Waals surface area contributed by atoms with Gasteiger partial charge in [0.25, 0.3) is 0 Å². The molecule has 0 aliphatic heterocycles. The van der Waals surface area contributed by atoms with Crippen LogP contribution in [0.15, 0.2) is 36.8 Å². The lowest BCUT2D eigenvalue weighted by Crippen LogP contribution is -1.91. The number of fused-ring (bicyclic) bond motifs is 3. The van der Waals surface area contributed by atoms with Gasteiger partial charge in [0.2, 0.25) is 0 Å². The summed E-state index contributed by atoms with van der Waals surface area (Å²) < 4.78 is 7.15. The molecule has 0 saturated carbocycles. The highest BCUT2D eigenvalue weighted by atomic mass is 16.5. The van der Waals surface area contributed by atoms with Crippen LogP contribution in [0.5, 0.6) is 5.75 Å². The van der Waals surface area contributed by atoms with E-state index in [1.165, 1.54) is 0 Å². The maximum Gasteiger partial charge on any atom is 0.155 e. The van der Waals surface area contributed by atoms with Crippen LogP contribution in [0.1, 0.15) is 0 Å². The van der Waals surface area contributed by atoms with Crippen LogP contribution in [0.3, 0.4) is 0 Å². The molecule has 0 aliphatic carbocycles. The van der Waals surface area contributed by atoms with Crippen LogP contribution in [0.25, 0.3) is 16.7 Å². The van der Waals surface area contributed by atoms with Crippen molar-refractivity contribution in [2.24, 2.45) is 0 Å². The van der Waals surface area contributed by atoms with E-state index in [1.807, 2.05) is 28.8 Å². The molecular formula is C11H9N3O. The Labute approximate surface area is 86.1 Å². The average molecular weight is 199 g/mol. The molecule has 0 aliphatic rings. The molecule has 3 rings (SSSR count). The monoisotopic (exact) mass is 199 g/mol. The third-order valence-corrected chi connectivity index (χ3v) is 2.43. The summed E-state index contributed by atoms with van der Waals surface area (Å²) in [5.74, 6) is 0.814. The highest BCUT2D eigenvalue weighted by Gasteiger charge is 2.02. The number of benzene rings is 1. The molecule has 0 N–H and O–H groups in total. The Hall–Kier alpha value is -2.10. The van der Waals surface area contributed by atoms with E-state index in [2.05, 4.69) is 9.97 Å². The summed E-state index contributed by atoms with van der Waals surface area (Å²) in [5, 5.41) is 0. The van der Waals surface area contributed by atoms with Crippen LogP contribution >= 0.6 is 0 Å². The lowest BCUT2D eigenvalue weighted by Gasteiger charge is -2.03. The summed E-state index contributed by atoms with van der Waals surface area (Å²) >= 11 is 0. The van der Waals surface area contributed by atoms with Crippen molar-refractivity contribution in [1.29, 1.82) is 0 Å². The summed E-state index contributed by atoms with van der Waals surface area (Å²) in [6.45, 7) is 0. The van der Waals surface area contributed by atoms with Crippen molar-refractivity contribution in [3.05, 3.63) is 36.8 Å². The lowest BCUT2D eigenvalue weighted by atomic mass is 10.3. The number of methoxy groups -OCH3 is 1. The number of hydrogen-bond acceptors (Lipinski definition) is 3. The van der Waals surface area contributed by atoms with Crippen LogP contribution in [-0.4, -0.2) is 21.5 Å². The number of nitrogens with zero attached hydrogens (tertiary/aromatic N) is 3. The Morgan fingerprint density at radius 1 is 1.27 bits per heavy atom.